The molecule has 0 saturated heterocycles. The van der Waals surface area contributed by atoms with Crippen molar-refractivity contribution in [1.29, 1.82) is 0 Å². The fraction of sp³-hybridized carbons (Fsp3) is 0.0612. The van der Waals surface area contributed by atoms with Crippen LogP contribution in [0.3, 0.4) is 0 Å². The summed E-state index contributed by atoms with van der Waals surface area (Å²) < 4.78 is 4.70. The van der Waals surface area contributed by atoms with Crippen molar-refractivity contribution in [3.8, 4) is 44.6 Å². The fourth-order valence-electron chi connectivity index (χ4n) is 8.61. The predicted molar refractivity (Wildman–Crippen MR) is 218 cm³/mol. The molecule has 0 radical (unpaired) electrons. The van der Waals surface area contributed by atoms with E-state index in [1.54, 1.807) is 0 Å². The van der Waals surface area contributed by atoms with E-state index >= 15 is 0 Å². The lowest BCUT2D eigenvalue weighted by Gasteiger charge is -2.18. The summed E-state index contributed by atoms with van der Waals surface area (Å²) in [6.07, 6.45) is 0. The molecule has 8 aromatic carbocycles. The zero-order valence-electron chi connectivity index (χ0n) is 29.0. The van der Waals surface area contributed by atoms with Crippen LogP contribution < -0.4 is 0 Å². The Morgan fingerprint density at radius 2 is 0.824 bits per heavy atom. The number of benzene rings is 8. The van der Waals surface area contributed by atoms with Crippen LogP contribution in [0.5, 0.6) is 0 Å². The molecular weight excluding hydrogens is 617 g/mol. The van der Waals surface area contributed by atoms with Crippen molar-refractivity contribution in [2.75, 3.05) is 0 Å². The normalized spacial score (nSPS) is 11.8. The zero-order valence-corrected chi connectivity index (χ0v) is 29.0. The van der Waals surface area contributed by atoms with E-state index in [4.69, 9.17) is 0 Å². The lowest BCUT2D eigenvalue weighted by atomic mass is 9.85. The van der Waals surface area contributed by atoms with Crippen molar-refractivity contribution in [2.24, 2.45) is 14.1 Å². The maximum absolute atomic E-state index is 2.41. The van der Waals surface area contributed by atoms with Crippen molar-refractivity contribution in [3.63, 3.8) is 0 Å². The summed E-state index contributed by atoms with van der Waals surface area (Å²) in [5.41, 5.74) is 15.0. The molecule has 0 spiro atoms. The van der Waals surface area contributed by atoms with Crippen molar-refractivity contribution >= 4 is 54.3 Å². The Bertz CT molecular complexity index is 2920. The number of aryl methyl sites for hydroxylation is 3. The van der Waals surface area contributed by atoms with E-state index in [9.17, 15) is 0 Å². The Morgan fingerprint density at radius 1 is 0.314 bits per heavy atom. The first-order valence-corrected chi connectivity index (χ1v) is 17.7. The summed E-state index contributed by atoms with van der Waals surface area (Å²) >= 11 is 0. The van der Waals surface area contributed by atoms with Gasteiger partial charge < -0.3 is 9.13 Å². The van der Waals surface area contributed by atoms with Crippen LogP contribution in [0.25, 0.3) is 98.9 Å². The maximum Gasteiger partial charge on any atom is 0.0568 e. The smallest absolute Gasteiger partial charge is 0.0568 e. The molecule has 242 valence electrons. The first-order valence-electron chi connectivity index (χ1n) is 17.7. The Kier molecular flexibility index (Phi) is 6.56. The summed E-state index contributed by atoms with van der Waals surface area (Å²) in [4.78, 5) is 0. The van der Waals surface area contributed by atoms with E-state index in [-0.39, 0.29) is 0 Å². The zero-order chi connectivity index (χ0) is 34.2. The van der Waals surface area contributed by atoms with Crippen LogP contribution in [0.2, 0.25) is 0 Å². The second-order valence-corrected chi connectivity index (χ2v) is 13.9. The molecule has 0 aliphatic heterocycles. The quantitative estimate of drug-likeness (QED) is 0.167. The third-order valence-electron chi connectivity index (χ3n) is 11.0. The van der Waals surface area contributed by atoms with E-state index in [2.05, 4.69) is 194 Å². The molecule has 2 nitrogen and oxygen atoms in total. The molecule has 2 heterocycles. The van der Waals surface area contributed by atoms with Crippen LogP contribution >= 0.6 is 0 Å². The van der Waals surface area contributed by atoms with Crippen molar-refractivity contribution in [1.82, 2.24) is 9.13 Å². The van der Waals surface area contributed by atoms with Gasteiger partial charge in [0.25, 0.3) is 0 Å². The van der Waals surface area contributed by atoms with Crippen molar-refractivity contribution < 1.29 is 0 Å². The molecule has 0 unspecified atom stereocenters. The fourth-order valence-corrected chi connectivity index (χ4v) is 8.61. The molecule has 0 atom stereocenters. The minimum absolute atomic E-state index is 1.22. The van der Waals surface area contributed by atoms with Crippen LogP contribution in [-0.4, -0.2) is 9.13 Å². The summed E-state index contributed by atoms with van der Waals surface area (Å²) in [5, 5.41) is 8.90. The van der Waals surface area contributed by atoms with Gasteiger partial charge in [-0.05, 0) is 86.1 Å². The number of hydrogen-bond donors (Lipinski definition) is 0. The average Bonchev–Trinajstić information content (AvgIpc) is 3.63. The van der Waals surface area contributed by atoms with Gasteiger partial charge in [0.05, 0.1) is 5.69 Å². The van der Waals surface area contributed by atoms with Gasteiger partial charge in [-0.25, -0.2) is 0 Å². The molecule has 51 heavy (non-hydrogen) atoms. The number of para-hydroxylation sites is 1. The van der Waals surface area contributed by atoms with Crippen molar-refractivity contribution in [3.05, 3.63) is 169 Å². The second kappa shape index (κ2) is 11.3. The molecule has 0 N–H and O–H groups in total. The number of nitrogens with zero attached hydrogens (tertiary/aromatic N) is 2. The van der Waals surface area contributed by atoms with Crippen LogP contribution in [0, 0.1) is 6.92 Å². The minimum Gasteiger partial charge on any atom is -0.344 e. The summed E-state index contributed by atoms with van der Waals surface area (Å²) in [6.45, 7) is 2.15. The standard InChI is InChI=1S/C49H36N2/c1-31-21-23-32(24-22-31)48-41-27-25-35(30-45(41)51(3)49(48)33-13-5-4-6-14-33)47-39-18-9-7-16-37(39)46(38-17-8-10-19-40(38)47)34-26-28-44-42(29-34)36-15-11-12-20-43(36)50(44)2/h4-30H,1-3H3. The average molecular weight is 653 g/mol. The Labute approximate surface area is 297 Å². The molecule has 0 aliphatic rings. The number of hydrogen-bond acceptors (Lipinski definition) is 0. The molecular formula is C49H36N2. The SMILES string of the molecule is Cc1ccc(-c2c(-c3ccccc3)n(C)c3cc(-c4c5ccccc5c(-c5ccc6c(c5)c5ccccc5n6C)c5ccccc45)ccc23)cc1. The minimum atomic E-state index is 1.22. The number of fused-ring (bicyclic) bond motifs is 6. The number of aromatic nitrogens is 2. The number of rotatable bonds is 4. The lowest BCUT2D eigenvalue weighted by molar-refractivity contribution is 0.979. The van der Waals surface area contributed by atoms with E-state index in [0.29, 0.717) is 0 Å². The molecule has 0 bridgehead atoms. The second-order valence-electron chi connectivity index (χ2n) is 13.9. The first kappa shape index (κ1) is 29.5. The molecule has 0 saturated carbocycles. The maximum atomic E-state index is 2.41. The van der Waals surface area contributed by atoms with Crippen molar-refractivity contribution in [2.45, 2.75) is 6.92 Å². The van der Waals surface area contributed by atoms with Crippen LogP contribution in [0.15, 0.2) is 164 Å². The van der Waals surface area contributed by atoms with E-state index < -0.39 is 0 Å². The molecule has 0 aliphatic carbocycles. The lowest BCUT2D eigenvalue weighted by Crippen LogP contribution is -1.93. The van der Waals surface area contributed by atoms with E-state index in [1.807, 2.05) is 0 Å². The van der Waals surface area contributed by atoms with E-state index in [1.165, 1.54) is 104 Å². The van der Waals surface area contributed by atoms with Crippen LogP contribution in [-0.2, 0) is 14.1 Å². The summed E-state index contributed by atoms with van der Waals surface area (Å²) in [5.74, 6) is 0. The molecule has 0 amide bonds. The highest BCUT2D eigenvalue weighted by atomic mass is 15.0. The van der Waals surface area contributed by atoms with Gasteiger partial charge in [-0.15, -0.1) is 0 Å². The van der Waals surface area contributed by atoms with Gasteiger partial charge in [0.1, 0.15) is 0 Å². The Balaban J connectivity index is 1.25. The highest BCUT2D eigenvalue weighted by Crippen LogP contribution is 2.47. The topological polar surface area (TPSA) is 9.86 Å². The van der Waals surface area contributed by atoms with Gasteiger partial charge >= 0.3 is 0 Å². The highest BCUT2D eigenvalue weighted by Gasteiger charge is 2.22. The summed E-state index contributed by atoms with van der Waals surface area (Å²) in [6, 6.07) is 60.5. The molecule has 2 aromatic heterocycles. The molecule has 2 heteroatoms. The van der Waals surface area contributed by atoms with E-state index in [0.717, 1.165) is 0 Å². The molecule has 10 aromatic rings. The Morgan fingerprint density at radius 3 is 1.47 bits per heavy atom. The third-order valence-corrected chi connectivity index (χ3v) is 11.0. The first-order chi connectivity index (χ1) is 25.1. The Hall–Kier alpha value is -6.38. The van der Waals surface area contributed by atoms with Gasteiger partial charge in [-0.2, -0.15) is 0 Å². The highest BCUT2D eigenvalue weighted by molar-refractivity contribution is 6.23. The monoisotopic (exact) mass is 652 g/mol. The van der Waals surface area contributed by atoms with Gasteiger partial charge in [0.2, 0.25) is 0 Å². The van der Waals surface area contributed by atoms with Crippen LogP contribution in [0.4, 0.5) is 0 Å². The van der Waals surface area contributed by atoms with Gasteiger partial charge in [0, 0.05) is 52.4 Å². The summed E-state index contributed by atoms with van der Waals surface area (Å²) in [7, 11) is 4.38. The molecule has 0 fully saturated rings. The van der Waals surface area contributed by atoms with Gasteiger partial charge in [-0.3, -0.25) is 0 Å². The third kappa shape index (κ3) is 4.43. The largest absolute Gasteiger partial charge is 0.344 e. The predicted octanol–water partition coefficient (Wildman–Crippen LogP) is 13.1. The van der Waals surface area contributed by atoms with Gasteiger partial charge in [-0.1, -0.05) is 145 Å². The van der Waals surface area contributed by atoms with Gasteiger partial charge in [0.15, 0.2) is 0 Å². The molecule has 10 rings (SSSR count). The van der Waals surface area contributed by atoms with Crippen LogP contribution in [0.1, 0.15) is 5.56 Å².